The van der Waals surface area contributed by atoms with Crippen LogP contribution in [0.15, 0.2) is 0 Å². The zero-order valence-corrected chi connectivity index (χ0v) is 21.7. The summed E-state index contributed by atoms with van der Waals surface area (Å²) in [5.74, 6) is -0.571. The molecule has 0 aromatic heterocycles. The molecule has 0 aromatic rings. The van der Waals surface area contributed by atoms with E-state index >= 15 is 0 Å². The smallest absolute Gasteiger partial charge is 0.306 e. The first kappa shape index (κ1) is 27.6. The standard InChI is InChI=1S/C21H38N2O6SSi/c1-20(2,3)31(6,7)29-18-19(27)23-11-10-15(24)22-12-13-30-17(26)9-8-16(25)28-14-21(18,4)5/h18H,8-14H2,1-7H3,(H,22,24)(H,23,27). The van der Waals surface area contributed by atoms with Gasteiger partial charge in [0.1, 0.15) is 6.10 Å². The number of rotatable bonds is 2. The van der Waals surface area contributed by atoms with Crippen molar-refractivity contribution in [3.63, 3.8) is 0 Å². The molecule has 0 spiro atoms. The summed E-state index contributed by atoms with van der Waals surface area (Å²) in [4.78, 5) is 49.1. The Morgan fingerprint density at radius 3 is 2.29 bits per heavy atom. The van der Waals surface area contributed by atoms with Gasteiger partial charge in [0.05, 0.1) is 13.0 Å². The molecule has 2 N–H and O–H groups in total. The van der Waals surface area contributed by atoms with Crippen LogP contribution in [0.1, 0.15) is 53.9 Å². The predicted molar refractivity (Wildman–Crippen MR) is 124 cm³/mol. The van der Waals surface area contributed by atoms with Crippen LogP contribution in [-0.2, 0) is 28.3 Å². The average molecular weight is 475 g/mol. The minimum absolute atomic E-state index is 0.0135. The second kappa shape index (κ2) is 11.5. The van der Waals surface area contributed by atoms with Crippen molar-refractivity contribution in [2.75, 3.05) is 25.4 Å². The van der Waals surface area contributed by atoms with Crippen molar-refractivity contribution in [3.8, 4) is 0 Å². The highest BCUT2D eigenvalue weighted by Crippen LogP contribution is 2.40. The summed E-state index contributed by atoms with van der Waals surface area (Å²) in [7, 11) is -2.32. The van der Waals surface area contributed by atoms with Gasteiger partial charge in [-0.05, 0) is 18.1 Å². The molecule has 0 saturated carbocycles. The maximum atomic E-state index is 13.1. The highest BCUT2D eigenvalue weighted by molar-refractivity contribution is 8.13. The number of esters is 1. The van der Waals surface area contributed by atoms with Crippen LogP contribution in [-0.4, -0.2) is 62.8 Å². The predicted octanol–water partition coefficient (Wildman–Crippen LogP) is 2.62. The Morgan fingerprint density at radius 1 is 1.03 bits per heavy atom. The molecular weight excluding hydrogens is 436 g/mol. The molecule has 1 atom stereocenters. The number of ether oxygens (including phenoxy) is 1. The van der Waals surface area contributed by atoms with Gasteiger partial charge in [0.25, 0.3) is 0 Å². The second-order valence-electron chi connectivity index (χ2n) is 10.0. The van der Waals surface area contributed by atoms with Gasteiger partial charge in [-0.3, -0.25) is 19.2 Å². The van der Waals surface area contributed by atoms with E-state index in [0.717, 1.165) is 11.8 Å². The summed E-state index contributed by atoms with van der Waals surface area (Å²) >= 11 is 1.08. The molecule has 2 amide bonds. The number of hydrogen-bond donors (Lipinski definition) is 2. The zero-order valence-electron chi connectivity index (χ0n) is 19.9. The minimum atomic E-state index is -2.32. The largest absolute Gasteiger partial charge is 0.465 e. The minimum Gasteiger partial charge on any atom is -0.465 e. The molecule has 8 nitrogen and oxygen atoms in total. The Balaban J connectivity index is 3.06. The van der Waals surface area contributed by atoms with Gasteiger partial charge in [-0.25, -0.2) is 0 Å². The summed E-state index contributed by atoms with van der Waals surface area (Å²) in [6.45, 7) is 14.5. The van der Waals surface area contributed by atoms with Gasteiger partial charge in [0, 0.05) is 37.1 Å². The summed E-state index contributed by atoms with van der Waals surface area (Å²) in [5, 5.41) is 5.29. The van der Waals surface area contributed by atoms with E-state index in [-0.39, 0.29) is 54.4 Å². The first-order valence-electron chi connectivity index (χ1n) is 10.7. The molecule has 178 valence electrons. The van der Waals surface area contributed by atoms with Gasteiger partial charge >= 0.3 is 5.97 Å². The number of hydrogen-bond acceptors (Lipinski definition) is 7. The topological polar surface area (TPSA) is 111 Å². The normalized spacial score (nSPS) is 23.4. The lowest BCUT2D eigenvalue weighted by molar-refractivity contribution is -0.153. The Labute approximate surface area is 191 Å². The highest BCUT2D eigenvalue weighted by Gasteiger charge is 2.46. The summed E-state index contributed by atoms with van der Waals surface area (Å²) in [5.41, 5.74) is -0.801. The number of carbonyl (C=O) groups is 4. The Hall–Kier alpha value is -1.39. The van der Waals surface area contributed by atoms with E-state index in [0.29, 0.717) is 12.3 Å². The lowest BCUT2D eigenvalue weighted by Crippen LogP contribution is -2.55. The SMILES string of the molecule is CC1(C)COC(=O)CCC(=O)SCCNC(=O)CCNC(=O)C1O[Si](C)(C)C(C)(C)C. The molecule has 0 aromatic carbocycles. The van der Waals surface area contributed by atoms with Crippen molar-refractivity contribution < 1.29 is 28.3 Å². The second-order valence-corrected chi connectivity index (χ2v) is 15.9. The molecule has 1 aliphatic rings. The van der Waals surface area contributed by atoms with E-state index in [1.165, 1.54) is 0 Å². The maximum absolute atomic E-state index is 13.1. The molecule has 0 bridgehead atoms. The summed E-state index contributed by atoms with van der Waals surface area (Å²) in [6.07, 6.45) is -0.666. The molecule has 0 radical (unpaired) electrons. The van der Waals surface area contributed by atoms with Crippen LogP contribution < -0.4 is 10.6 Å². The van der Waals surface area contributed by atoms with E-state index in [4.69, 9.17) is 9.16 Å². The van der Waals surface area contributed by atoms with Gasteiger partial charge in [-0.1, -0.05) is 46.4 Å². The van der Waals surface area contributed by atoms with Crippen LogP contribution in [0.5, 0.6) is 0 Å². The number of amides is 2. The monoisotopic (exact) mass is 474 g/mol. The number of nitrogens with one attached hydrogen (secondary N) is 2. The van der Waals surface area contributed by atoms with Gasteiger partial charge < -0.3 is 19.8 Å². The molecule has 1 rings (SSSR count). The third-order valence-corrected chi connectivity index (χ3v) is 11.0. The first-order chi connectivity index (χ1) is 14.2. The molecular formula is C21H38N2O6SSi. The Morgan fingerprint density at radius 2 is 1.68 bits per heavy atom. The van der Waals surface area contributed by atoms with Crippen molar-refractivity contribution in [1.29, 1.82) is 0 Å². The molecule has 1 fully saturated rings. The van der Waals surface area contributed by atoms with Gasteiger partial charge in [-0.2, -0.15) is 0 Å². The zero-order chi connectivity index (χ0) is 23.9. The third-order valence-electron chi connectivity index (χ3n) is 5.64. The molecule has 1 saturated heterocycles. The molecule has 1 aliphatic heterocycles. The number of cyclic esters (lactones) is 1. The lowest BCUT2D eigenvalue weighted by Gasteiger charge is -2.43. The van der Waals surface area contributed by atoms with Crippen molar-refractivity contribution >= 4 is 43.0 Å². The van der Waals surface area contributed by atoms with Crippen LogP contribution in [0.25, 0.3) is 0 Å². The molecule has 0 aliphatic carbocycles. The van der Waals surface area contributed by atoms with E-state index < -0.39 is 25.8 Å². The van der Waals surface area contributed by atoms with E-state index in [9.17, 15) is 19.2 Å². The van der Waals surface area contributed by atoms with E-state index in [2.05, 4.69) is 44.5 Å². The fourth-order valence-electron chi connectivity index (χ4n) is 2.57. The maximum Gasteiger partial charge on any atom is 0.306 e. The quantitative estimate of drug-likeness (QED) is 0.467. The Bertz CT molecular complexity index is 675. The highest BCUT2D eigenvalue weighted by atomic mass is 32.2. The lowest BCUT2D eigenvalue weighted by atomic mass is 9.87. The summed E-state index contributed by atoms with van der Waals surface area (Å²) in [6, 6.07) is 0. The average Bonchev–Trinajstić information content (AvgIpc) is 2.64. The van der Waals surface area contributed by atoms with Crippen LogP contribution in [0, 0.1) is 5.41 Å². The van der Waals surface area contributed by atoms with E-state index in [1.807, 2.05) is 13.8 Å². The molecule has 31 heavy (non-hydrogen) atoms. The van der Waals surface area contributed by atoms with Crippen molar-refractivity contribution in [3.05, 3.63) is 0 Å². The van der Waals surface area contributed by atoms with Crippen molar-refractivity contribution in [1.82, 2.24) is 10.6 Å². The fourth-order valence-corrected chi connectivity index (χ4v) is 4.61. The van der Waals surface area contributed by atoms with Crippen molar-refractivity contribution in [2.24, 2.45) is 5.41 Å². The van der Waals surface area contributed by atoms with Crippen LogP contribution in [0.2, 0.25) is 18.1 Å². The molecule has 1 heterocycles. The Kier molecular flexibility index (Phi) is 10.2. The van der Waals surface area contributed by atoms with Gasteiger partial charge in [0.15, 0.2) is 13.4 Å². The summed E-state index contributed by atoms with van der Waals surface area (Å²) < 4.78 is 11.9. The van der Waals surface area contributed by atoms with Crippen LogP contribution >= 0.6 is 11.8 Å². The first-order valence-corrected chi connectivity index (χ1v) is 14.6. The number of carbonyl (C=O) groups excluding carboxylic acids is 4. The van der Waals surface area contributed by atoms with Gasteiger partial charge in [-0.15, -0.1) is 0 Å². The third kappa shape index (κ3) is 9.32. The molecule has 1 unspecified atom stereocenters. The van der Waals surface area contributed by atoms with E-state index in [1.54, 1.807) is 0 Å². The van der Waals surface area contributed by atoms with Gasteiger partial charge in [0.2, 0.25) is 11.8 Å². The van der Waals surface area contributed by atoms with Crippen LogP contribution in [0.4, 0.5) is 0 Å². The van der Waals surface area contributed by atoms with Crippen LogP contribution in [0.3, 0.4) is 0 Å². The number of thioether (sulfide) groups is 1. The fraction of sp³-hybridized carbons (Fsp3) is 0.810. The molecule has 10 heteroatoms. The van der Waals surface area contributed by atoms with Crippen molar-refractivity contribution in [2.45, 2.75) is 78.1 Å².